The molecule has 3 aliphatic rings. The molecule has 0 bridgehead atoms. The van der Waals surface area contributed by atoms with Gasteiger partial charge in [0.15, 0.2) is 23.1 Å². The molecule has 1 heterocycles. The van der Waals surface area contributed by atoms with Crippen LogP contribution in [0.2, 0.25) is 5.02 Å². The highest BCUT2D eigenvalue weighted by Crippen LogP contribution is 2.55. The van der Waals surface area contributed by atoms with E-state index in [0.717, 1.165) is 11.4 Å². The van der Waals surface area contributed by atoms with E-state index >= 15 is 0 Å². The van der Waals surface area contributed by atoms with Crippen LogP contribution in [0.4, 0.5) is 0 Å². The van der Waals surface area contributed by atoms with Crippen molar-refractivity contribution in [3.8, 4) is 23.8 Å². The average molecular weight is 539 g/mol. The van der Waals surface area contributed by atoms with E-state index in [1.165, 1.54) is 7.11 Å². The number of rotatable bonds is 7. The molecule has 7 nitrogen and oxygen atoms in total. The van der Waals surface area contributed by atoms with Gasteiger partial charge in [-0.2, -0.15) is 0 Å². The van der Waals surface area contributed by atoms with Gasteiger partial charge < -0.3 is 24.3 Å². The van der Waals surface area contributed by atoms with Gasteiger partial charge in [0, 0.05) is 60.2 Å². The quantitative estimate of drug-likeness (QED) is 0.480. The molecule has 202 valence electrons. The number of ether oxygens (including phenoxy) is 2. The number of carbonyl (C=O) groups excluding carboxylic acids is 3. The van der Waals surface area contributed by atoms with Gasteiger partial charge in [-0.25, -0.2) is 0 Å². The van der Waals surface area contributed by atoms with Crippen LogP contribution in [0.25, 0.3) is 0 Å². The first-order valence-corrected chi connectivity index (χ1v) is 13.1. The number of allylic oxidation sites excluding steroid dienone is 4. The number of Topliss-reactive ketones (excluding diaryl/α,β-unsaturated/α-hetero) is 2. The minimum absolute atomic E-state index is 0.00200. The van der Waals surface area contributed by atoms with Crippen LogP contribution in [0.3, 0.4) is 0 Å². The van der Waals surface area contributed by atoms with Gasteiger partial charge in [0.1, 0.15) is 6.61 Å². The van der Waals surface area contributed by atoms with Crippen LogP contribution < -0.4 is 14.6 Å². The van der Waals surface area contributed by atoms with Gasteiger partial charge in [-0.15, -0.1) is 6.42 Å². The lowest BCUT2D eigenvalue weighted by Crippen LogP contribution is -2.45. The molecule has 0 radical (unpaired) electrons. The molecule has 38 heavy (non-hydrogen) atoms. The molecule has 8 heteroatoms. The minimum Gasteiger partial charge on any atom is -0.550 e. The number of aliphatic carboxylic acids is 1. The number of hydrogen-bond donors (Lipinski definition) is 0. The molecule has 0 spiro atoms. The van der Waals surface area contributed by atoms with Crippen molar-refractivity contribution in [3.05, 3.63) is 45.3 Å². The zero-order valence-corrected chi connectivity index (χ0v) is 23.3. The van der Waals surface area contributed by atoms with Gasteiger partial charge in [-0.1, -0.05) is 45.2 Å². The Morgan fingerprint density at radius 1 is 1.08 bits per heavy atom. The van der Waals surface area contributed by atoms with Crippen molar-refractivity contribution in [1.29, 1.82) is 0 Å². The molecular weight excluding hydrogens is 506 g/mol. The fourth-order valence-electron chi connectivity index (χ4n) is 6.01. The predicted octanol–water partition coefficient (Wildman–Crippen LogP) is 4.19. The third-order valence-electron chi connectivity index (χ3n) is 7.45. The molecule has 0 atom stereocenters. The Bertz CT molecular complexity index is 1260. The second-order valence-electron chi connectivity index (χ2n) is 11.8. The fraction of sp³-hybridized carbons (Fsp3) is 0.500. The number of methoxy groups -OCH3 is 1. The van der Waals surface area contributed by atoms with Gasteiger partial charge in [0.05, 0.1) is 12.1 Å². The summed E-state index contributed by atoms with van der Waals surface area (Å²) in [6, 6.07) is 3.45. The van der Waals surface area contributed by atoms with E-state index in [2.05, 4.69) is 5.92 Å². The summed E-state index contributed by atoms with van der Waals surface area (Å²) >= 11 is 6.64. The molecule has 2 aliphatic carbocycles. The van der Waals surface area contributed by atoms with Crippen molar-refractivity contribution in [3.63, 3.8) is 0 Å². The summed E-state index contributed by atoms with van der Waals surface area (Å²) in [5.74, 6) is 1.08. The minimum atomic E-state index is -1.18. The van der Waals surface area contributed by atoms with Gasteiger partial charge in [0.25, 0.3) is 0 Å². The Hall–Kier alpha value is -3.24. The zero-order valence-electron chi connectivity index (χ0n) is 22.5. The summed E-state index contributed by atoms with van der Waals surface area (Å²) in [5.41, 5.74) is 2.56. The topological polar surface area (TPSA) is 96.0 Å². The highest BCUT2D eigenvalue weighted by Gasteiger charge is 2.49. The Morgan fingerprint density at radius 3 is 2.11 bits per heavy atom. The van der Waals surface area contributed by atoms with E-state index in [1.807, 2.05) is 32.6 Å². The maximum absolute atomic E-state index is 13.8. The third-order valence-corrected chi connectivity index (χ3v) is 7.73. The van der Waals surface area contributed by atoms with Crippen molar-refractivity contribution >= 4 is 29.1 Å². The normalized spacial score (nSPS) is 20.6. The van der Waals surface area contributed by atoms with E-state index in [9.17, 15) is 19.5 Å². The van der Waals surface area contributed by atoms with Crippen LogP contribution in [0.1, 0.15) is 71.3 Å². The SMILES string of the molecule is C#CCOc1c(Cl)cc(C2C3=C(CC(C)(C)CC3=O)N(CCC(=O)[O-])C3=C2C(=O)CC(C)(C)C3)cc1OC. The van der Waals surface area contributed by atoms with E-state index in [1.54, 1.807) is 12.1 Å². The number of hydrogen-bond acceptors (Lipinski definition) is 7. The molecular formula is C30H33ClNO6-. The Morgan fingerprint density at radius 2 is 1.63 bits per heavy atom. The maximum Gasteiger partial charge on any atom is 0.181 e. The van der Waals surface area contributed by atoms with Crippen molar-refractivity contribution in [1.82, 2.24) is 4.90 Å². The van der Waals surface area contributed by atoms with Gasteiger partial charge in [0.2, 0.25) is 0 Å². The first kappa shape index (κ1) is 27.8. The highest BCUT2D eigenvalue weighted by atomic mass is 35.5. The van der Waals surface area contributed by atoms with Crippen molar-refractivity contribution in [2.75, 3.05) is 20.3 Å². The molecule has 0 amide bonds. The van der Waals surface area contributed by atoms with Gasteiger partial charge >= 0.3 is 0 Å². The Kier molecular flexibility index (Phi) is 7.42. The Balaban J connectivity index is 1.99. The van der Waals surface area contributed by atoms with E-state index in [-0.39, 0.29) is 52.7 Å². The smallest absolute Gasteiger partial charge is 0.181 e. The summed E-state index contributed by atoms with van der Waals surface area (Å²) in [6.45, 7) is 8.23. The van der Waals surface area contributed by atoms with Crippen LogP contribution in [0.5, 0.6) is 11.5 Å². The van der Waals surface area contributed by atoms with E-state index < -0.39 is 11.9 Å². The van der Waals surface area contributed by atoms with Gasteiger partial charge in [-0.3, -0.25) is 9.59 Å². The maximum atomic E-state index is 13.8. The first-order chi connectivity index (χ1) is 17.8. The zero-order chi connectivity index (χ0) is 28.0. The molecule has 0 aromatic heterocycles. The standard InChI is InChI=1S/C30H34ClNO6/c1-7-10-38-28-18(31)11-17(12-23(28)37-6)25-26-19(13-29(2,3)15-21(26)33)32(9-8-24(35)36)20-14-30(4,5)16-22(34)27(20)25/h1,11-12,25H,8-10,13-16H2,2-6H3,(H,35,36)/p-1. The number of nitrogens with zero attached hydrogens (tertiary/aromatic N) is 1. The number of halogens is 1. The largest absolute Gasteiger partial charge is 0.550 e. The van der Waals surface area contributed by atoms with Crippen LogP contribution in [0.15, 0.2) is 34.7 Å². The summed E-state index contributed by atoms with van der Waals surface area (Å²) in [6.07, 6.45) is 6.89. The molecule has 1 aliphatic heterocycles. The molecule has 4 rings (SSSR count). The van der Waals surface area contributed by atoms with Gasteiger partial charge in [-0.05, 0) is 41.4 Å². The number of carboxylic acid groups (broad SMARTS) is 1. The highest BCUT2D eigenvalue weighted by molar-refractivity contribution is 6.32. The molecule has 0 unspecified atom stereocenters. The molecule has 0 N–H and O–H groups in total. The Labute approximate surface area is 228 Å². The first-order valence-electron chi connectivity index (χ1n) is 12.7. The summed E-state index contributed by atoms with van der Waals surface area (Å²) in [5, 5.41) is 11.7. The average Bonchev–Trinajstić information content (AvgIpc) is 2.79. The molecule has 0 saturated carbocycles. The van der Waals surface area contributed by atoms with Crippen LogP contribution >= 0.6 is 11.6 Å². The number of carbonyl (C=O) groups is 3. The van der Waals surface area contributed by atoms with E-state index in [0.29, 0.717) is 48.1 Å². The summed E-state index contributed by atoms with van der Waals surface area (Å²) in [4.78, 5) is 41.0. The number of ketones is 2. The predicted molar refractivity (Wildman–Crippen MR) is 141 cm³/mol. The third kappa shape index (κ3) is 5.19. The monoisotopic (exact) mass is 538 g/mol. The lowest BCUT2D eigenvalue weighted by Gasteiger charge is -2.49. The molecule has 0 saturated heterocycles. The fourth-order valence-corrected chi connectivity index (χ4v) is 6.29. The summed E-state index contributed by atoms with van der Waals surface area (Å²) < 4.78 is 11.2. The molecule has 0 fully saturated rings. The number of benzene rings is 1. The van der Waals surface area contributed by atoms with Crippen molar-refractivity contribution in [2.24, 2.45) is 10.8 Å². The molecule has 1 aromatic carbocycles. The second kappa shape index (κ2) is 10.1. The van der Waals surface area contributed by atoms with Crippen LogP contribution in [-0.4, -0.2) is 42.7 Å². The van der Waals surface area contributed by atoms with E-state index in [4.69, 9.17) is 27.5 Å². The number of carboxylic acids is 1. The van der Waals surface area contributed by atoms with Crippen molar-refractivity contribution < 1.29 is 29.0 Å². The second-order valence-corrected chi connectivity index (χ2v) is 12.2. The molecule has 1 aromatic rings. The lowest BCUT2D eigenvalue weighted by molar-refractivity contribution is -0.305. The summed E-state index contributed by atoms with van der Waals surface area (Å²) in [7, 11) is 1.48. The number of terminal acetylenes is 1. The van der Waals surface area contributed by atoms with Crippen LogP contribution in [-0.2, 0) is 14.4 Å². The van der Waals surface area contributed by atoms with Crippen molar-refractivity contribution in [2.45, 2.75) is 65.7 Å². The lowest BCUT2D eigenvalue weighted by atomic mass is 9.63. The van der Waals surface area contributed by atoms with Crippen LogP contribution in [0, 0.1) is 23.2 Å².